The minimum atomic E-state index is 0.481. The Kier molecular flexibility index (Phi) is 5.40. The highest BCUT2D eigenvalue weighted by Gasteiger charge is 2.14. The SMILES string of the molecule is CCc1nnc(Sc2cccc(Cl)c2)c(CN)c1CC. The van der Waals surface area contributed by atoms with Gasteiger partial charge in [0, 0.05) is 22.0 Å². The second kappa shape index (κ2) is 7.07. The molecule has 0 saturated carbocycles. The van der Waals surface area contributed by atoms with Crippen molar-refractivity contribution in [2.75, 3.05) is 0 Å². The van der Waals surface area contributed by atoms with Gasteiger partial charge in [0.1, 0.15) is 5.03 Å². The van der Waals surface area contributed by atoms with E-state index in [-0.39, 0.29) is 0 Å². The molecule has 0 aliphatic heterocycles. The van der Waals surface area contributed by atoms with Gasteiger partial charge in [0.05, 0.1) is 5.69 Å². The number of aryl methyl sites for hydroxylation is 1. The molecule has 2 rings (SSSR count). The van der Waals surface area contributed by atoms with Crippen molar-refractivity contribution in [1.29, 1.82) is 0 Å². The lowest BCUT2D eigenvalue weighted by Crippen LogP contribution is -2.10. The number of hydrogen-bond donors (Lipinski definition) is 1. The van der Waals surface area contributed by atoms with E-state index in [2.05, 4.69) is 24.0 Å². The average Bonchev–Trinajstić information content (AvgIpc) is 2.46. The van der Waals surface area contributed by atoms with Crippen molar-refractivity contribution in [2.45, 2.75) is 43.2 Å². The molecule has 1 aromatic heterocycles. The molecule has 2 aromatic rings. The predicted octanol–water partition coefficient (Wildman–Crippen LogP) is 3.86. The van der Waals surface area contributed by atoms with Gasteiger partial charge in [-0.1, -0.05) is 43.3 Å². The van der Waals surface area contributed by atoms with E-state index in [1.54, 1.807) is 11.8 Å². The van der Waals surface area contributed by atoms with E-state index in [0.717, 1.165) is 39.0 Å². The summed E-state index contributed by atoms with van der Waals surface area (Å²) in [5.41, 5.74) is 9.30. The van der Waals surface area contributed by atoms with Gasteiger partial charge in [-0.05, 0) is 36.6 Å². The molecule has 0 spiro atoms. The summed E-state index contributed by atoms with van der Waals surface area (Å²) >= 11 is 7.58. The van der Waals surface area contributed by atoms with E-state index in [1.807, 2.05) is 24.3 Å². The second-order valence-corrected chi connectivity index (χ2v) is 5.88. The summed E-state index contributed by atoms with van der Waals surface area (Å²) in [6.07, 6.45) is 1.81. The maximum Gasteiger partial charge on any atom is 0.128 e. The lowest BCUT2D eigenvalue weighted by Gasteiger charge is -2.13. The zero-order chi connectivity index (χ0) is 14.5. The number of rotatable bonds is 5. The third-order valence-corrected chi connectivity index (χ3v) is 4.38. The van der Waals surface area contributed by atoms with Crippen molar-refractivity contribution in [2.24, 2.45) is 5.73 Å². The predicted molar refractivity (Wildman–Crippen MR) is 84.3 cm³/mol. The van der Waals surface area contributed by atoms with Crippen molar-refractivity contribution in [3.8, 4) is 0 Å². The van der Waals surface area contributed by atoms with Crippen LogP contribution in [0.3, 0.4) is 0 Å². The number of aromatic nitrogens is 2. The Labute approximate surface area is 128 Å². The molecule has 0 saturated heterocycles. The van der Waals surface area contributed by atoms with Gasteiger partial charge in [0.25, 0.3) is 0 Å². The fourth-order valence-corrected chi connectivity index (χ4v) is 3.39. The summed E-state index contributed by atoms with van der Waals surface area (Å²) in [5, 5.41) is 10.3. The van der Waals surface area contributed by atoms with Crippen LogP contribution in [-0.4, -0.2) is 10.2 Å². The molecule has 0 aliphatic carbocycles. The number of nitrogens with zero attached hydrogens (tertiary/aromatic N) is 2. The van der Waals surface area contributed by atoms with Crippen molar-refractivity contribution in [1.82, 2.24) is 10.2 Å². The third kappa shape index (κ3) is 3.32. The highest BCUT2D eigenvalue weighted by Crippen LogP contribution is 2.32. The van der Waals surface area contributed by atoms with E-state index in [9.17, 15) is 0 Å². The molecule has 0 aliphatic rings. The third-order valence-electron chi connectivity index (χ3n) is 3.14. The lowest BCUT2D eigenvalue weighted by molar-refractivity contribution is 0.782. The van der Waals surface area contributed by atoms with Gasteiger partial charge in [-0.25, -0.2) is 0 Å². The summed E-state index contributed by atoms with van der Waals surface area (Å²) in [4.78, 5) is 1.05. The fraction of sp³-hybridized carbons (Fsp3) is 0.333. The van der Waals surface area contributed by atoms with E-state index in [0.29, 0.717) is 6.54 Å². The van der Waals surface area contributed by atoms with Crippen LogP contribution in [-0.2, 0) is 19.4 Å². The summed E-state index contributed by atoms with van der Waals surface area (Å²) in [7, 11) is 0. The van der Waals surface area contributed by atoms with Crippen LogP contribution in [0.4, 0.5) is 0 Å². The van der Waals surface area contributed by atoms with Crippen molar-refractivity contribution in [3.05, 3.63) is 46.1 Å². The Balaban J connectivity index is 2.41. The van der Waals surface area contributed by atoms with Crippen LogP contribution < -0.4 is 5.73 Å². The second-order valence-electron chi connectivity index (χ2n) is 4.38. The molecule has 2 N–H and O–H groups in total. The van der Waals surface area contributed by atoms with Crippen molar-refractivity contribution < 1.29 is 0 Å². The Morgan fingerprint density at radius 1 is 1.15 bits per heavy atom. The Hall–Kier alpha value is -1.10. The Morgan fingerprint density at radius 2 is 1.95 bits per heavy atom. The molecule has 0 unspecified atom stereocenters. The van der Waals surface area contributed by atoms with Crippen LogP contribution in [0, 0.1) is 0 Å². The topological polar surface area (TPSA) is 51.8 Å². The van der Waals surface area contributed by atoms with Gasteiger partial charge in [-0.15, -0.1) is 5.10 Å². The first-order valence-electron chi connectivity index (χ1n) is 6.70. The van der Waals surface area contributed by atoms with E-state index >= 15 is 0 Å². The van der Waals surface area contributed by atoms with Crippen LogP contribution in [0.25, 0.3) is 0 Å². The molecular weight excluding hydrogens is 290 g/mol. The molecule has 0 fully saturated rings. The van der Waals surface area contributed by atoms with Crippen LogP contribution in [0.2, 0.25) is 5.02 Å². The minimum Gasteiger partial charge on any atom is -0.326 e. The van der Waals surface area contributed by atoms with Gasteiger partial charge in [-0.3, -0.25) is 0 Å². The summed E-state index contributed by atoms with van der Waals surface area (Å²) in [6, 6.07) is 7.73. The monoisotopic (exact) mass is 307 g/mol. The number of hydrogen-bond acceptors (Lipinski definition) is 4. The molecular formula is C15H18ClN3S. The summed E-state index contributed by atoms with van der Waals surface area (Å²) in [6.45, 7) is 4.70. The van der Waals surface area contributed by atoms with Crippen LogP contribution >= 0.6 is 23.4 Å². The molecule has 0 amide bonds. The molecule has 0 radical (unpaired) electrons. The molecule has 0 atom stereocenters. The Bertz CT molecular complexity index is 602. The van der Waals surface area contributed by atoms with Crippen LogP contribution in [0.5, 0.6) is 0 Å². The van der Waals surface area contributed by atoms with E-state index in [1.165, 1.54) is 5.56 Å². The highest BCUT2D eigenvalue weighted by atomic mass is 35.5. The minimum absolute atomic E-state index is 0.481. The molecule has 5 heteroatoms. The highest BCUT2D eigenvalue weighted by molar-refractivity contribution is 7.99. The first-order chi connectivity index (χ1) is 9.69. The Morgan fingerprint density at radius 3 is 2.55 bits per heavy atom. The first kappa shape index (κ1) is 15.3. The first-order valence-corrected chi connectivity index (χ1v) is 7.89. The van der Waals surface area contributed by atoms with Gasteiger partial charge >= 0.3 is 0 Å². The number of benzene rings is 1. The van der Waals surface area contributed by atoms with Gasteiger partial charge < -0.3 is 5.73 Å². The maximum absolute atomic E-state index is 6.02. The van der Waals surface area contributed by atoms with Gasteiger partial charge in [0.15, 0.2) is 0 Å². The van der Waals surface area contributed by atoms with E-state index in [4.69, 9.17) is 17.3 Å². The van der Waals surface area contributed by atoms with Crippen LogP contribution in [0.15, 0.2) is 34.2 Å². The maximum atomic E-state index is 6.02. The van der Waals surface area contributed by atoms with E-state index < -0.39 is 0 Å². The zero-order valence-corrected chi connectivity index (χ0v) is 13.3. The average molecular weight is 308 g/mol. The molecule has 20 heavy (non-hydrogen) atoms. The lowest BCUT2D eigenvalue weighted by atomic mass is 10.0. The van der Waals surface area contributed by atoms with Gasteiger partial charge in [-0.2, -0.15) is 5.10 Å². The molecule has 1 heterocycles. The quantitative estimate of drug-likeness (QED) is 0.911. The summed E-state index contributed by atoms with van der Waals surface area (Å²) in [5.74, 6) is 0. The standard InChI is InChI=1S/C15H18ClN3S/c1-3-12-13(9-17)15(19-18-14(12)4-2)20-11-7-5-6-10(16)8-11/h5-8H,3-4,9,17H2,1-2H3. The number of halogens is 1. The molecule has 3 nitrogen and oxygen atoms in total. The normalized spacial score (nSPS) is 10.8. The molecule has 1 aromatic carbocycles. The zero-order valence-electron chi connectivity index (χ0n) is 11.7. The smallest absolute Gasteiger partial charge is 0.128 e. The summed E-state index contributed by atoms with van der Waals surface area (Å²) < 4.78 is 0. The molecule has 106 valence electrons. The van der Waals surface area contributed by atoms with Gasteiger partial charge in [0.2, 0.25) is 0 Å². The molecule has 0 bridgehead atoms. The number of nitrogens with two attached hydrogens (primary N) is 1. The van der Waals surface area contributed by atoms with Crippen molar-refractivity contribution in [3.63, 3.8) is 0 Å². The fourth-order valence-electron chi connectivity index (χ4n) is 2.17. The largest absolute Gasteiger partial charge is 0.326 e. The van der Waals surface area contributed by atoms with Crippen molar-refractivity contribution >= 4 is 23.4 Å². The van der Waals surface area contributed by atoms with Crippen LogP contribution in [0.1, 0.15) is 30.7 Å².